The summed E-state index contributed by atoms with van der Waals surface area (Å²) in [4.78, 5) is 10.7. The number of furan rings is 1. The third kappa shape index (κ3) is 3.87. The molecule has 0 spiro atoms. The first-order valence-electron chi connectivity index (χ1n) is 6.66. The van der Waals surface area contributed by atoms with Gasteiger partial charge in [0.15, 0.2) is 4.67 Å². The van der Waals surface area contributed by atoms with E-state index in [-0.39, 0.29) is 21.0 Å². The molecule has 1 saturated carbocycles. The van der Waals surface area contributed by atoms with Crippen molar-refractivity contribution in [2.24, 2.45) is 5.41 Å². The van der Waals surface area contributed by atoms with Crippen LogP contribution in [-0.4, -0.2) is 25.5 Å². The van der Waals surface area contributed by atoms with Gasteiger partial charge in [0, 0.05) is 12.1 Å². The number of rotatable bonds is 4. The van der Waals surface area contributed by atoms with E-state index in [1.165, 1.54) is 0 Å². The first-order chi connectivity index (χ1) is 9.61. The molecule has 21 heavy (non-hydrogen) atoms. The second kappa shape index (κ2) is 5.73. The zero-order valence-corrected chi connectivity index (χ0v) is 14.3. The molecular weight excluding hydrogens is 362 g/mol. The molecule has 2 rings (SSSR count). The number of carboxylic acids is 1. The van der Waals surface area contributed by atoms with Gasteiger partial charge in [-0.15, -0.1) is 0 Å². The van der Waals surface area contributed by atoms with Crippen molar-refractivity contribution in [1.82, 2.24) is 4.72 Å². The molecular formula is C13H18BrNO5S. The van der Waals surface area contributed by atoms with Crippen molar-refractivity contribution < 1.29 is 22.7 Å². The van der Waals surface area contributed by atoms with E-state index in [0.29, 0.717) is 0 Å². The number of hydrogen-bond acceptors (Lipinski definition) is 4. The summed E-state index contributed by atoms with van der Waals surface area (Å²) in [7, 11) is -3.81. The van der Waals surface area contributed by atoms with Gasteiger partial charge in [0.25, 0.3) is 0 Å². The Morgan fingerprint density at radius 3 is 2.71 bits per heavy atom. The Labute approximate surface area is 132 Å². The zero-order valence-electron chi connectivity index (χ0n) is 11.8. The summed E-state index contributed by atoms with van der Waals surface area (Å²) in [5.74, 6) is -1.72. The van der Waals surface area contributed by atoms with Crippen LogP contribution in [0.25, 0.3) is 0 Å². The summed E-state index contributed by atoms with van der Waals surface area (Å²) in [6, 6.07) is 0.872. The normalized spacial score (nSPS) is 22.1. The van der Waals surface area contributed by atoms with E-state index in [4.69, 9.17) is 9.52 Å². The molecule has 1 aliphatic rings. The van der Waals surface area contributed by atoms with Crippen LogP contribution in [0, 0.1) is 5.41 Å². The molecule has 0 aliphatic heterocycles. The van der Waals surface area contributed by atoms with Crippen LogP contribution >= 0.6 is 15.9 Å². The number of sulfonamides is 1. The Morgan fingerprint density at radius 2 is 2.19 bits per heavy atom. The minimum absolute atomic E-state index is 0.0949. The summed E-state index contributed by atoms with van der Waals surface area (Å²) in [6.07, 6.45) is 3.58. The molecule has 1 aliphatic carbocycles. The van der Waals surface area contributed by atoms with E-state index in [2.05, 4.69) is 34.5 Å². The number of halogens is 1. The molecule has 118 valence electrons. The molecule has 1 aromatic rings. The minimum atomic E-state index is -3.81. The summed E-state index contributed by atoms with van der Waals surface area (Å²) in [6.45, 7) is 4.23. The minimum Gasteiger partial charge on any atom is -0.475 e. The number of aromatic carboxylic acids is 1. The van der Waals surface area contributed by atoms with Crippen LogP contribution in [0.15, 0.2) is 20.0 Å². The van der Waals surface area contributed by atoms with Gasteiger partial charge in [0.1, 0.15) is 4.90 Å². The summed E-state index contributed by atoms with van der Waals surface area (Å²) >= 11 is 2.96. The van der Waals surface area contributed by atoms with E-state index in [9.17, 15) is 13.2 Å². The third-order valence-corrected chi connectivity index (χ3v) is 6.06. The Bertz CT molecular complexity index is 650. The average Bonchev–Trinajstić information content (AvgIpc) is 2.70. The van der Waals surface area contributed by atoms with Gasteiger partial charge in [0.05, 0.1) is 0 Å². The quantitative estimate of drug-likeness (QED) is 0.837. The van der Waals surface area contributed by atoms with E-state index >= 15 is 0 Å². The second-order valence-corrected chi connectivity index (χ2v) is 8.54. The van der Waals surface area contributed by atoms with Gasteiger partial charge in [-0.3, -0.25) is 0 Å². The number of carboxylic acid groups (broad SMARTS) is 1. The summed E-state index contributed by atoms with van der Waals surface area (Å²) in [5, 5.41) is 8.85. The smallest absolute Gasteiger partial charge is 0.371 e. The lowest BCUT2D eigenvalue weighted by atomic mass is 9.75. The van der Waals surface area contributed by atoms with E-state index < -0.39 is 21.8 Å². The van der Waals surface area contributed by atoms with Gasteiger partial charge in [-0.2, -0.15) is 0 Å². The molecule has 2 N–H and O–H groups in total. The highest BCUT2D eigenvalue weighted by molar-refractivity contribution is 9.10. The lowest BCUT2D eigenvalue weighted by molar-refractivity contribution is 0.0661. The van der Waals surface area contributed by atoms with Crippen molar-refractivity contribution in [2.45, 2.75) is 50.5 Å². The highest BCUT2D eigenvalue weighted by Gasteiger charge is 2.32. The Hall–Kier alpha value is -0.860. The fourth-order valence-corrected chi connectivity index (χ4v) is 4.93. The highest BCUT2D eigenvalue weighted by atomic mass is 79.9. The van der Waals surface area contributed by atoms with Crippen molar-refractivity contribution in [3.8, 4) is 0 Å². The second-order valence-electron chi connectivity index (χ2n) is 6.13. The predicted octanol–water partition coefficient (Wildman–Crippen LogP) is 2.99. The monoisotopic (exact) mass is 379 g/mol. The van der Waals surface area contributed by atoms with Crippen LogP contribution in [0.2, 0.25) is 0 Å². The van der Waals surface area contributed by atoms with Crippen LogP contribution in [0.1, 0.15) is 50.1 Å². The van der Waals surface area contributed by atoms with Gasteiger partial charge >= 0.3 is 5.97 Å². The fraction of sp³-hybridized carbons (Fsp3) is 0.615. The van der Waals surface area contributed by atoms with Gasteiger partial charge in [0.2, 0.25) is 15.8 Å². The molecule has 1 fully saturated rings. The van der Waals surface area contributed by atoms with E-state index in [1.807, 2.05) is 0 Å². The molecule has 0 bridgehead atoms. The number of carbonyl (C=O) groups is 1. The van der Waals surface area contributed by atoms with Gasteiger partial charge < -0.3 is 9.52 Å². The molecule has 6 nitrogen and oxygen atoms in total. The molecule has 1 heterocycles. The van der Waals surface area contributed by atoms with E-state index in [1.54, 1.807) is 0 Å². The molecule has 0 saturated heterocycles. The maximum Gasteiger partial charge on any atom is 0.371 e. The van der Waals surface area contributed by atoms with Gasteiger partial charge in [-0.1, -0.05) is 20.3 Å². The molecule has 1 unspecified atom stereocenters. The van der Waals surface area contributed by atoms with Crippen molar-refractivity contribution in [1.29, 1.82) is 0 Å². The standard InChI is InChI=1S/C13H18BrNO5S/c1-13(2)5-3-4-8(7-13)15-21(18,19)10-6-9(12(16)17)20-11(10)14/h6,8,15H,3-5,7H2,1-2H3,(H,16,17). The first-order valence-corrected chi connectivity index (χ1v) is 8.93. The van der Waals surface area contributed by atoms with Crippen molar-refractivity contribution in [3.05, 3.63) is 16.5 Å². The zero-order chi connectivity index (χ0) is 15.8. The highest BCUT2D eigenvalue weighted by Crippen LogP contribution is 2.36. The molecule has 8 heteroatoms. The Kier molecular flexibility index (Phi) is 4.51. The van der Waals surface area contributed by atoms with Crippen molar-refractivity contribution >= 4 is 31.9 Å². The van der Waals surface area contributed by atoms with Crippen molar-refractivity contribution in [3.63, 3.8) is 0 Å². The fourth-order valence-electron chi connectivity index (χ4n) is 2.72. The maximum atomic E-state index is 12.4. The molecule has 0 radical (unpaired) electrons. The summed E-state index contributed by atoms with van der Waals surface area (Å²) in [5.41, 5.74) is 0.102. The Balaban J connectivity index is 2.20. The van der Waals surface area contributed by atoms with E-state index in [0.717, 1.165) is 31.7 Å². The van der Waals surface area contributed by atoms with Crippen LogP contribution in [-0.2, 0) is 10.0 Å². The van der Waals surface area contributed by atoms with Crippen LogP contribution in [0.5, 0.6) is 0 Å². The topological polar surface area (TPSA) is 96.6 Å². The van der Waals surface area contributed by atoms with Gasteiger partial charge in [-0.25, -0.2) is 17.9 Å². The molecule has 1 aromatic heterocycles. The lowest BCUT2D eigenvalue weighted by Gasteiger charge is -2.35. The van der Waals surface area contributed by atoms with Crippen LogP contribution in [0.4, 0.5) is 0 Å². The van der Waals surface area contributed by atoms with Gasteiger partial charge in [-0.05, 0) is 40.6 Å². The summed E-state index contributed by atoms with van der Waals surface area (Å²) < 4.78 is 32.2. The average molecular weight is 380 g/mol. The number of nitrogens with one attached hydrogen (secondary N) is 1. The Morgan fingerprint density at radius 1 is 1.52 bits per heavy atom. The molecule has 1 atom stereocenters. The SMILES string of the molecule is CC1(C)CCCC(NS(=O)(=O)c2cc(C(=O)O)oc2Br)C1. The van der Waals surface area contributed by atoms with Crippen LogP contribution < -0.4 is 4.72 Å². The third-order valence-electron chi connectivity index (χ3n) is 3.68. The maximum absolute atomic E-state index is 12.4. The van der Waals surface area contributed by atoms with Crippen LogP contribution in [0.3, 0.4) is 0 Å². The lowest BCUT2D eigenvalue weighted by Crippen LogP contribution is -2.40. The molecule has 0 aromatic carbocycles. The molecule has 0 amide bonds. The van der Waals surface area contributed by atoms with Crippen molar-refractivity contribution in [2.75, 3.05) is 0 Å². The predicted molar refractivity (Wildman–Crippen MR) is 79.7 cm³/mol. The largest absolute Gasteiger partial charge is 0.475 e. The first kappa shape index (κ1) is 16.5. The number of hydrogen-bond donors (Lipinski definition) is 2.